The highest BCUT2D eigenvalue weighted by Gasteiger charge is 2.41. The van der Waals surface area contributed by atoms with E-state index in [9.17, 15) is 19.2 Å². The van der Waals surface area contributed by atoms with E-state index in [0.717, 1.165) is 4.90 Å². The highest BCUT2D eigenvalue weighted by Crippen LogP contribution is 2.24. The average Bonchev–Trinajstić information content (AvgIpc) is 3.29. The van der Waals surface area contributed by atoms with Crippen LogP contribution in [-0.4, -0.2) is 47.8 Å². The standard InChI is InChI=1S/C19H18N2O5S/c1-12(21-17(23)13-6-2-3-7-14(13)18(21)24)19(25)26-10-5-9-20-16(22)15-8-4-11-27-15/h2-4,6-8,11-12H,5,9-10H2,1H3,(H,20,22). The van der Waals surface area contributed by atoms with E-state index in [1.165, 1.54) is 18.3 Å². The van der Waals surface area contributed by atoms with Crippen molar-refractivity contribution in [3.05, 3.63) is 57.8 Å². The Bertz CT molecular complexity index is 843. The minimum absolute atomic E-state index is 0.0804. The molecule has 0 fully saturated rings. The number of hydrogen-bond donors (Lipinski definition) is 1. The van der Waals surface area contributed by atoms with Crippen molar-refractivity contribution in [3.63, 3.8) is 0 Å². The Hall–Kier alpha value is -3.00. The van der Waals surface area contributed by atoms with Gasteiger partial charge in [0.1, 0.15) is 6.04 Å². The molecule has 7 nitrogen and oxygen atoms in total. The first-order chi connectivity index (χ1) is 13.0. The first-order valence-corrected chi connectivity index (χ1v) is 9.34. The predicted molar refractivity (Wildman–Crippen MR) is 98.6 cm³/mol. The molecule has 1 aliphatic heterocycles. The molecule has 0 saturated carbocycles. The molecule has 140 valence electrons. The molecule has 0 saturated heterocycles. The highest BCUT2D eigenvalue weighted by atomic mass is 32.1. The average molecular weight is 386 g/mol. The van der Waals surface area contributed by atoms with Crippen LogP contribution in [0.3, 0.4) is 0 Å². The van der Waals surface area contributed by atoms with Gasteiger partial charge < -0.3 is 10.1 Å². The lowest BCUT2D eigenvalue weighted by molar-refractivity contribution is -0.147. The second-order valence-corrected chi connectivity index (χ2v) is 6.90. The van der Waals surface area contributed by atoms with E-state index < -0.39 is 23.8 Å². The zero-order chi connectivity index (χ0) is 19.4. The zero-order valence-corrected chi connectivity index (χ0v) is 15.5. The number of nitrogens with one attached hydrogen (secondary N) is 1. The van der Waals surface area contributed by atoms with Crippen molar-refractivity contribution in [2.45, 2.75) is 19.4 Å². The van der Waals surface area contributed by atoms with Gasteiger partial charge in [-0.25, -0.2) is 4.79 Å². The van der Waals surface area contributed by atoms with Gasteiger partial charge in [0.25, 0.3) is 17.7 Å². The molecule has 8 heteroatoms. The van der Waals surface area contributed by atoms with Crippen LogP contribution in [0, 0.1) is 0 Å². The molecule has 0 radical (unpaired) electrons. The van der Waals surface area contributed by atoms with Crippen LogP contribution in [0.5, 0.6) is 0 Å². The van der Waals surface area contributed by atoms with Gasteiger partial charge in [0, 0.05) is 6.54 Å². The molecule has 1 atom stereocenters. The van der Waals surface area contributed by atoms with E-state index in [1.807, 2.05) is 5.38 Å². The molecule has 27 heavy (non-hydrogen) atoms. The molecule has 0 bridgehead atoms. The van der Waals surface area contributed by atoms with Crippen molar-refractivity contribution in [1.82, 2.24) is 10.2 Å². The molecular weight excluding hydrogens is 368 g/mol. The number of fused-ring (bicyclic) bond motifs is 1. The van der Waals surface area contributed by atoms with Crippen LogP contribution in [0.1, 0.15) is 43.7 Å². The molecule has 2 aromatic rings. The Morgan fingerprint density at radius 1 is 1.11 bits per heavy atom. The van der Waals surface area contributed by atoms with Crippen molar-refractivity contribution >= 4 is 35.0 Å². The second-order valence-electron chi connectivity index (χ2n) is 5.96. The molecular formula is C19H18N2O5S. The van der Waals surface area contributed by atoms with E-state index in [-0.39, 0.29) is 12.5 Å². The summed E-state index contributed by atoms with van der Waals surface area (Å²) < 4.78 is 5.15. The molecule has 2 heterocycles. The van der Waals surface area contributed by atoms with Gasteiger partial charge in [-0.3, -0.25) is 19.3 Å². The summed E-state index contributed by atoms with van der Waals surface area (Å²) in [4.78, 5) is 50.3. The number of carbonyl (C=O) groups excluding carboxylic acids is 4. The van der Waals surface area contributed by atoms with Crippen LogP contribution < -0.4 is 5.32 Å². The maximum absolute atomic E-state index is 12.4. The monoisotopic (exact) mass is 386 g/mol. The maximum Gasteiger partial charge on any atom is 0.329 e. The molecule has 1 unspecified atom stereocenters. The third-order valence-electron chi connectivity index (χ3n) is 4.15. The lowest BCUT2D eigenvalue weighted by atomic mass is 10.1. The van der Waals surface area contributed by atoms with Crippen LogP contribution in [0.25, 0.3) is 0 Å². The number of carbonyl (C=O) groups is 4. The summed E-state index contributed by atoms with van der Waals surface area (Å²) in [7, 11) is 0. The Labute approximate surface area is 159 Å². The van der Waals surface area contributed by atoms with Crippen molar-refractivity contribution in [1.29, 1.82) is 0 Å². The van der Waals surface area contributed by atoms with E-state index >= 15 is 0 Å². The number of rotatable bonds is 7. The van der Waals surface area contributed by atoms with Crippen LogP contribution in [0.4, 0.5) is 0 Å². The summed E-state index contributed by atoms with van der Waals surface area (Å²) in [5.41, 5.74) is 0.580. The summed E-state index contributed by atoms with van der Waals surface area (Å²) in [5.74, 6) is -1.82. The van der Waals surface area contributed by atoms with E-state index in [4.69, 9.17) is 4.74 Å². The zero-order valence-electron chi connectivity index (χ0n) is 14.6. The van der Waals surface area contributed by atoms with Crippen molar-refractivity contribution < 1.29 is 23.9 Å². The number of nitrogens with zero attached hydrogens (tertiary/aromatic N) is 1. The van der Waals surface area contributed by atoms with Gasteiger partial charge >= 0.3 is 5.97 Å². The lowest BCUT2D eigenvalue weighted by Gasteiger charge is -2.20. The van der Waals surface area contributed by atoms with Gasteiger partial charge in [-0.1, -0.05) is 18.2 Å². The molecule has 3 amide bonds. The SMILES string of the molecule is CC(C(=O)OCCCNC(=O)c1cccs1)N1C(=O)c2ccccc2C1=O. The van der Waals surface area contributed by atoms with Crippen molar-refractivity contribution in [2.24, 2.45) is 0 Å². The normalized spacial score (nSPS) is 14.0. The largest absolute Gasteiger partial charge is 0.464 e. The molecule has 3 rings (SSSR count). The van der Waals surface area contributed by atoms with E-state index in [2.05, 4.69) is 5.32 Å². The Morgan fingerprint density at radius 2 is 1.78 bits per heavy atom. The summed E-state index contributed by atoms with van der Waals surface area (Å²) in [6.07, 6.45) is 0.428. The first kappa shape index (κ1) is 18.8. The fourth-order valence-corrected chi connectivity index (χ4v) is 3.37. The molecule has 1 aromatic carbocycles. The highest BCUT2D eigenvalue weighted by molar-refractivity contribution is 7.12. The molecule has 0 spiro atoms. The number of amides is 3. The maximum atomic E-state index is 12.4. The third kappa shape index (κ3) is 3.90. The van der Waals surface area contributed by atoms with Gasteiger partial charge in [-0.15, -0.1) is 11.3 Å². The van der Waals surface area contributed by atoms with Gasteiger partial charge in [-0.05, 0) is 36.9 Å². The molecule has 1 N–H and O–H groups in total. The quantitative estimate of drug-likeness (QED) is 0.447. The van der Waals surface area contributed by atoms with Crippen LogP contribution in [0.2, 0.25) is 0 Å². The minimum atomic E-state index is -1.02. The smallest absolute Gasteiger partial charge is 0.329 e. The van der Waals surface area contributed by atoms with Gasteiger partial charge in [0.15, 0.2) is 0 Å². The Balaban J connectivity index is 1.45. The minimum Gasteiger partial charge on any atom is -0.464 e. The summed E-state index contributed by atoms with van der Waals surface area (Å²) >= 11 is 1.35. The van der Waals surface area contributed by atoms with Crippen LogP contribution in [0.15, 0.2) is 41.8 Å². The fraction of sp³-hybridized carbons (Fsp3) is 0.263. The number of hydrogen-bond acceptors (Lipinski definition) is 6. The fourth-order valence-electron chi connectivity index (χ4n) is 2.73. The molecule has 1 aliphatic rings. The number of thiophene rings is 1. The molecule has 0 aliphatic carbocycles. The number of esters is 1. The van der Waals surface area contributed by atoms with Crippen molar-refractivity contribution in [2.75, 3.05) is 13.2 Å². The topological polar surface area (TPSA) is 92.8 Å². The summed E-state index contributed by atoms with van der Waals surface area (Å²) in [6, 6.07) is 8.96. The van der Waals surface area contributed by atoms with Crippen molar-refractivity contribution in [3.8, 4) is 0 Å². The van der Waals surface area contributed by atoms with E-state index in [0.29, 0.717) is 29.0 Å². The second kappa shape index (κ2) is 8.13. The summed E-state index contributed by atoms with van der Waals surface area (Å²) in [5, 5.41) is 4.55. The van der Waals surface area contributed by atoms with Crippen LogP contribution >= 0.6 is 11.3 Å². The van der Waals surface area contributed by atoms with Gasteiger partial charge in [0.05, 0.1) is 22.6 Å². The third-order valence-corrected chi connectivity index (χ3v) is 5.02. The van der Waals surface area contributed by atoms with Gasteiger partial charge in [-0.2, -0.15) is 0 Å². The number of imide groups is 1. The number of benzene rings is 1. The number of ether oxygens (including phenoxy) is 1. The van der Waals surface area contributed by atoms with Gasteiger partial charge in [0.2, 0.25) is 0 Å². The lowest BCUT2D eigenvalue weighted by Crippen LogP contribution is -2.43. The van der Waals surface area contributed by atoms with E-state index in [1.54, 1.807) is 36.4 Å². The molecule has 1 aromatic heterocycles. The summed E-state index contributed by atoms with van der Waals surface area (Å²) in [6.45, 7) is 1.89. The Kier molecular flexibility index (Phi) is 5.66. The van der Waals surface area contributed by atoms with Crippen LogP contribution in [-0.2, 0) is 9.53 Å². The predicted octanol–water partition coefficient (Wildman–Crippen LogP) is 2.10. The first-order valence-electron chi connectivity index (χ1n) is 8.46. The Morgan fingerprint density at radius 3 is 2.37 bits per heavy atom.